The van der Waals surface area contributed by atoms with Crippen LogP contribution in [-0.2, 0) is 6.54 Å². The fraction of sp³-hybridized carbons (Fsp3) is 0.273. The van der Waals surface area contributed by atoms with E-state index in [2.05, 4.69) is 23.4 Å². The van der Waals surface area contributed by atoms with Gasteiger partial charge in [-0.3, -0.25) is 0 Å². The third-order valence-corrected chi connectivity index (χ3v) is 1.94. The van der Waals surface area contributed by atoms with Crippen molar-refractivity contribution in [1.82, 2.24) is 10.2 Å². The van der Waals surface area contributed by atoms with Crippen LogP contribution >= 0.6 is 0 Å². The lowest BCUT2D eigenvalue weighted by atomic mass is 10.3. The Kier molecular flexibility index (Phi) is 4.50. The van der Waals surface area contributed by atoms with Gasteiger partial charge >= 0.3 is 0 Å². The highest BCUT2D eigenvalue weighted by Crippen LogP contribution is 2.09. The van der Waals surface area contributed by atoms with Gasteiger partial charge in [-0.15, -0.1) is 18.3 Å². The molecule has 0 aliphatic carbocycles. The highest BCUT2D eigenvalue weighted by Gasteiger charge is 2.04. The van der Waals surface area contributed by atoms with Gasteiger partial charge < -0.3 is 10.6 Å². The van der Waals surface area contributed by atoms with Gasteiger partial charge in [-0.2, -0.15) is 5.10 Å². The summed E-state index contributed by atoms with van der Waals surface area (Å²) < 4.78 is 0. The fourth-order valence-electron chi connectivity index (χ4n) is 1.20. The van der Waals surface area contributed by atoms with Crippen LogP contribution in [0.2, 0.25) is 0 Å². The Morgan fingerprint density at radius 1 is 1.20 bits per heavy atom. The number of rotatable bonds is 6. The van der Waals surface area contributed by atoms with Crippen LogP contribution in [0.4, 0.5) is 5.82 Å². The monoisotopic (exact) mass is 204 g/mol. The Labute approximate surface area is 90.1 Å². The fourth-order valence-corrected chi connectivity index (χ4v) is 1.20. The molecule has 0 fully saturated rings. The van der Waals surface area contributed by atoms with Gasteiger partial charge in [0.1, 0.15) is 0 Å². The molecule has 1 aromatic heterocycles. The van der Waals surface area contributed by atoms with Crippen molar-refractivity contribution in [2.75, 3.05) is 18.0 Å². The molecule has 1 heterocycles. The van der Waals surface area contributed by atoms with Crippen molar-refractivity contribution in [2.45, 2.75) is 6.54 Å². The van der Waals surface area contributed by atoms with Crippen molar-refractivity contribution in [3.05, 3.63) is 43.1 Å². The maximum atomic E-state index is 5.44. The molecule has 0 spiro atoms. The molecular formula is C11H16N4. The smallest absolute Gasteiger partial charge is 0.151 e. The van der Waals surface area contributed by atoms with E-state index in [9.17, 15) is 0 Å². The molecule has 2 N–H and O–H groups in total. The van der Waals surface area contributed by atoms with Gasteiger partial charge in [-0.25, -0.2) is 0 Å². The lowest BCUT2D eigenvalue weighted by Crippen LogP contribution is -2.24. The van der Waals surface area contributed by atoms with Gasteiger partial charge in [0.2, 0.25) is 0 Å². The number of nitrogens with zero attached hydrogens (tertiary/aromatic N) is 3. The van der Waals surface area contributed by atoms with Crippen LogP contribution in [0.15, 0.2) is 37.4 Å². The van der Waals surface area contributed by atoms with Crippen LogP contribution in [0.3, 0.4) is 0 Å². The molecule has 1 rings (SSSR count). The van der Waals surface area contributed by atoms with Gasteiger partial charge in [0.05, 0.1) is 5.69 Å². The Morgan fingerprint density at radius 2 is 1.87 bits per heavy atom. The second-order valence-corrected chi connectivity index (χ2v) is 3.07. The van der Waals surface area contributed by atoms with Crippen LogP contribution in [0.25, 0.3) is 0 Å². The van der Waals surface area contributed by atoms with E-state index in [1.807, 2.05) is 29.2 Å². The van der Waals surface area contributed by atoms with Crippen molar-refractivity contribution in [2.24, 2.45) is 5.73 Å². The third kappa shape index (κ3) is 3.18. The molecule has 0 saturated carbocycles. The zero-order valence-corrected chi connectivity index (χ0v) is 8.76. The van der Waals surface area contributed by atoms with E-state index in [1.165, 1.54) is 0 Å². The summed E-state index contributed by atoms with van der Waals surface area (Å²) in [7, 11) is 0. The molecule has 0 radical (unpaired) electrons. The molecular weight excluding hydrogens is 188 g/mol. The Morgan fingerprint density at radius 3 is 2.27 bits per heavy atom. The van der Waals surface area contributed by atoms with Gasteiger partial charge in [0.15, 0.2) is 5.82 Å². The summed E-state index contributed by atoms with van der Waals surface area (Å²) in [5, 5.41) is 8.08. The summed E-state index contributed by atoms with van der Waals surface area (Å²) in [4.78, 5) is 2.02. The minimum atomic E-state index is 0.413. The van der Waals surface area contributed by atoms with Gasteiger partial charge in [-0.05, 0) is 12.1 Å². The van der Waals surface area contributed by atoms with Crippen molar-refractivity contribution in [3.8, 4) is 0 Å². The van der Waals surface area contributed by atoms with Crippen LogP contribution in [-0.4, -0.2) is 23.3 Å². The summed E-state index contributed by atoms with van der Waals surface area (Å²) in [6.07, 6.45) is 3.64. The van der Waals surface area contributed by atoms with Crippen molar-refractivity contribution < 1.29 is 0 Å². The molecule has 15 heavy (non-hydrogen) atoms. The maximum Gasteiger partial charge on any atom is 0.151 e. The Bertz CT molecular complexity index is 308. The van der Waals surface area contributed by atoms with E-state index < -0.39 is 0 Å². The van der Waals surface area contributed by atoms with Gasteiger partial charge in [0, 0.05) is 19.6 Å². The summed E-state index contributed by atoms with van der Waals surface area (Å²) in [6, 6.07) is 3.78. The van der Waals surface area contributed by atoms with E-state index >= 15 is 0 Å². The first-order valence-corrected chi connectivity index (χ1v) is 4.81. The predicted molar refractivity (Wildman–Crippen MR) is 62.5 cm³/mol. The lowest BCUT2D eigenvalue weighted by molar-refractivity contribution is 0.847. The average molecular weight is 204 g/mol. The topological polar surface area (TPSA) is 55.0 Å². The molecule has 0 amide bonds. The van der Waals surface area contributed by atoms with Crippen LogP contribution < -0.4 is 10.6 Å². The van der Waals surface area contributed by atoms with E-state index in [0.29, 0.717) is 6.54 Å². The van der Waals surface area contributed by atoms with E-state index in [0.717, 1.165) is 24.6 Å². The molecule has 1 aromatic rings. The normalized spacial score (nSPS) is 9.67. The standard InChI is InChI=1S/C11H16N4/c1-3-7-15(8-4-2)11-6-5-10(9-12)13-14-11/h3-6H,1-2,7-9,12H2. The second-order valence-electron chi connectivity index (χ2n) is 3.07. The zero-order chi connectivity index (χ0) is 11.1. The summed E-state index contributed by atoms with van der Waals surface area (Å²) in [5.41, 5.74) is 6.23. The molecule has 0 saturated heterocycles. The largest absolute Gasteiger partial charge is 0.348 e. The second kappa shape index (κ2) is 5.93. The predicted octanol–water partition coefficient (Wildman–Crippen LogP) is 1.11. The third-order valence-electron chi connectivity index (χ3n) is 1.94. The molecule has 4 nitrogen and oxygen atoms in total. The first kappa shape index (κ1) is 11.4. The minimum Gasteiger partial charge on any atom is -0.348 e. The highest BCUT2D eigenvalue weighted by atomic mass is 15.3. The number of aromatic nitrogens is 2. The summed E-state index contributed by atoms with van der Waals surface area (Å²) in [5.74, 6) is 0.812. The molecule has 0 bridgehead atoms. The van der Waals surface area contributed by atoms with E-state index in [4.69, 9.17) is 5.73 Å². The molecule has 0 aliphatic heterocycles. The Balaban J connectivity index is 2.80. The number of anilines is 1. The van der Waals surface area contributed by atoms with Crippen LogP contribution in [0, 0.1) is 0 Å². The lowest BCUT2D eigenvalue weighted by Gasteiger charge is -2.19. The molecule has 80 valence electrons. The first-order valence-electron chi connectivity index (χ1n) is 4.81. The highest BCUT2D eigenvalue weighted by molar-refractivity contribution is 5.38. The van der Waals surface area contributed by atoms with Crippen molar-refractivity contribution in [3.63, 3.8) is 0 Å². The molecule has 0 atom stereocenters. The number of nitrogens with two attached hydrogens (primary N) is 1. The van der Waals surface area contributed by atoms with Gasteiger partial charge in [0.25, 0.3) is 0 Å². The molecule has 0 aliphatic rings. The van der Waals surface area contributed by atoms with E-state index in [1.54, 1.807) is 0 Å². The van der Waals surface area contributed by atoms with Gasteiger partial charge in [-0.1, -0.05) is 12.2 Å². The van der Waals surface area contributed by atoms with Crippen molar-refractivity contribution >= 4 is 5.82 Å². The zero-order valence-electron chi connectivity index (χ0n) is 8.76. The first-order chi connectivity index (χ1) is 7.31. The Hall–Kier alpha value is -1.68. The quantitative estimate of drug-likeness (QED) is 0.705. The number of hydrogen-bond acceptors (Lipinski definition) is 4. The summed E-state index contributed by atoms with van der Waals surface area (Å²) in [6.45, 7) is 9.26. The maximum absolute atomic E-state index is 5.44. The molecule has 0 unspecified atom stereocenters. The SMILES string of the molecule is C=CCN(CC=C)c1ccc(CN)nn1. The average Bonchev–Trinajstić information content (AvgIpc) is 2.29. The molecule has 4 heteroatoms. The number of hydrogen-bond donors (Lipinski definition) is 1. The summed E-state index contributed by atoms with van der Waals surface area (Å²) >= 11 is 0. The van der Waals surface area contributed by atoms with E-state index in [-0.39, 0.29) is 0 Å². The minimum absolute atomic E-state index is 0.413. The van der Waals surface area contributed by atoms with Crippen LogP contribution in [0.1, 0.15) is 5.69 Å². The van der Waals surface area contributed by atoms with Crippen molar-refractivity contribution in [1.29, 1.82) is 0 Å². The molecule has 0 aromatic carbocycles. The van der Waals surface area contributed by atoms with Crippen LogP contribution in [0.5, 0.6) is 0 Å².